The van der Waals surface area contributed by atoms with Crippen molar-refractivity contribution in [3.05, 3.63) is 57.8 Å². The maximum Gasteiger partial charge on any atom is 0.124 e. The van der Waals surface area contributed by atoms with Crippen molar-refractivity contribution < 1.29 is 4.39 Å². The third-order valence-electron chi connectivity index (χ3n) is 2.72. The van der Waals surface area contributed by atoms with E-state index in [1.165, 1.54) is 12.1 Å². The van der Waals surface area contributed by atoms with Gasteiger partial charge in [0.2, 0.25) is 0 Å². The summed E-state index contributed by atoms with van der Waals surface area (Å²) in [7, 11) is 0. The summed E-state index contributed by atoms with van der Waals surface area (Å²) in [5.41, 5.74) is 5.09. The van der Waals surface area contributed by atoms with Crippen LogP contribution in [-0.2, 0) is 6.42 Å². The Labute approximate surface area is 119 Å². The Balaban J connectivity index is 2.21. The topological polar surface area (TPSA) is 63.8 Å². The van der Waals surface area contributed by atoms with E-state index in [1.807, 2.05) is 13.0 Å². The number of benzene rings is 1. The Morgan fingerprint density at radius 1 is 1.32 bits per heavy atom. The third-order valence-corrected chi connectivity index (χ3v) is 3.18. The highest BCUT2D eigenvalue weighted by molar-refractivity contribution is 9.10. The van der Waals surface area contributed by atoms with Gasteiger partial charge in [0.15, 0.2) is 0 Å². The van der Waals surface area contributed by atoms with Gasteiger partial charge in [-0.15, -0.1) is 0 Å². The average Bonchev–Trinajstić information content (AvgIpc) is 2.36. The standard InChI is InChI=1S/C13H14BrFN4/c1-8-6-18-13(7-17-8)12(19-16)4-9-2-10(14)5-11(15)3-9/h2-3,5-7,12,19H,4,16H2,1H3. The van der Waals surface area contributed by atoms with Gasteiger partial charge in [0, 0.05) is 10.7 Å². The number of hydrogen-bond donors (Lipinski definition) is 2. The van der Waals surface area contributed by atoms with Crippen molar-refractivity contribution in [3.8, 4) is 0 Å². The lowest BCUT2D eigenvalue weighted by Crippen LogP contribution is -2.30. The molecule has 0 spiro atoms. The number of hydrogen-bond acceptors (Lipinski definition) is 4. The first-order valence-electron chi connectivity index (χ1n) is 5.78. The Morgan fingerprint density at radius 3 is 2.68 bits per heavy atom. The molecule has 0 aliphatic carbocycles. The minimum Gasteiger partial charge on any atom is -0.271 e. The zero-order chi connectivity index (χ0) is 13.8. The lowest BCUT2D eigenvalue weighted by molar-refractivity contribution is 0.533. The minimum atomic E-state index is -0.282. The number of rotatable bonds is 4. The van der Waals surface area contributed by atoms with E-state index in [9.17, 15) is 4.39 Å². The molecule has 3 N–H and O–H groups in total. The summed E-state index contributed by atoms with van der Waals surface area (Å²) in [6.45, 7) is 1.87. The molecule has 1 aromatic carbocycles. The molecule has 0 aliphatic rings. The van der Waals surface area contributed by atoms with Gasteiger partial charge in [-0.3, -0.25) is 21.2 Å². The molecule has 0 fully saturated rings. The average molecular weight is 325 g/mol. The molecular weight excluding hydrogens is 311 g/mol. The number of nitrogens with two attached hydrogens (primary N) is 1. The van der Waals surface area contributed by atoms with Gasteiger partial charge in [-0.25, -0.2) is 4.39 Å². The Bertz CT molecular complexity index is 539. The molecule has 1 heterocycles. The highest BCUT2D eigenvalue weighted by atomic mass is 79.9. The van der Waals surface area contributed by atoms with E-state index in [4.69, 9.17) is 5.84 Å². The molecule has 19 heavy (non-hydrogen) atoms. The van der Waals surface area contributed by atoms with Crippen LogP contribution in [0, 0.1) is 12.7 Å². The summed E-state index contributed by atoms with van der Waals surface area (Å²) in [4.78, 5) is 8.46. The van der Waals surface area contributed by atoms with E-state index in [1.54, 1.807) is 12.4 Å². The fourth-order valence-electron chi connectivity index (χ4n) is 1.80. The predicted octanol–water partition coefficient (Wildman–Crippen LogP) is 2.43. The molecule has 4 nitrogen and oxygen atoms in total. The first kappa shape index (κ1) is 14.0. The van der Waals surface area contributed by atoms with E-state index >= 15 is 0 Å². The van der Waals surface area contributed by atoms with Gasteiger partial charge in [-0.1, -0.05) is 15.9 Å². The molecule has 2 aromatic rings. The van der Waals surface area contributed by atoms with Crippen molar-refractivity contribution >= 4 is 15.9 Å². The lowest BCUT2D eigenvalue weighted by atomic mass is 10.0. The Hall–Kier alpha value is -1.37. The summed E-state index contributed by atoms with van der Waals surface area (Å²) in [5.74, 6) is 5.26. The highest BCUT2D eigenvalue weighted by Crippen LogP contribution is 2.20. The van der Waals surface area contributed by atoms with E-state index in [0.717, 1.165) is 17.0 Å². The summed E-state index contributed by atoms with van der Waals surface area (Å²) in [6, 6.07) is 4.55. The molecule has 0 aliphatic heterocycles. The van der Waals surface area contributed by atoms with Crippen LogP contribution in [-0.4, -0.2) is 9.97 Å². The second kappa shape index (κ2) is 6.18. The van der Waals surface area contributed by atoms with Gasteiger partial charge in [0.05, 0.1) is 23.6 Å². The molecule has 1 atom stereocenters. The number of aryl methyl sites for hydroxylation is 1. The first-order valence-corrected chi connectivity index (χ1v) is 6.57. The third kappa shape index (κ3) is 3.79. The number of hydrazine groups is 1. The van der Waals surface area contributed by atoms with Crippen LogP contribution < -0.4 is 11.3 Å². The Kier molecular flexibility index (Phi) is 4.57. The van der Waals surface area contributed by atoms with Crippen LogP contribution in [0.4, 0.5) is 4.39 Å². The van der Waals surface area contributed by atoms with Gasteiger partial charge in [0.1, 0.15) is 5.82 Å². The maximum atomic E-state index is 13.3. The van der Waals surface area contributed by atoms with Crippen molar-refractivity contribution in [2.75, 3.05) is 0 Å². The highest BCUT2D eigenvalue weighted by Gasteiger charge is 2.13. The minimum absolute atomic E-state index is 0.207. The largest absolute Gasteiger partial charge is 0.271 e. The summed E-state index contributed by atoms with van der Waals surface area (Å²) in [6.07, 6.45) is 3.89. The van der Waals surface area contributed by atoms with Crippen molar-refractivity contribution in [1.29, 1.82) is 0 Å². The van der Waals surface area contributed by atoms with Gasteiger partial charge in [0.25, 0.3) is 0 Å². The van der Waals surface area contributed by atoms with Crippen LogP contribution in [0.5, 0.6) is 0 Å². The van der Waals surface area contributed by atoms with Crippen LogP contribution in [0.25, 0.3) is 0 Å². The van der Waals surface area contributed by atoms with Gasteiger partial charge < -0.3 is 0 Å². The molecule has 0 bridgehead atoms. The molecule has 1 aromatic heterocycles. The van der Waals surface area contributed by atoms with Crippen molar-refractivity contribution in [1.82, 2.24) is 15.4 Å². The molecule has 0 saturated carbocycles. The summed E-state index contributed by atoms with van der Waals surface area (Å²) >= 11 is 3.27. The van der Waals surface area contributed by atoms with Crippen LogP contribution in [0.15, 0.2) is 35.1 Å². The second-order valence-corrected chi connectivity index (χ2v) is 5.20. The van der Waals surface area contributed by atoms with E-state index < -0.39 is 0 Å². The van der Waals surface area contributed by atoms with Gasteiger partial charge in [-0.05, 0) is 37.1 Å². The number of nitrogens with zero attached hydrogens (tertiary/aromatic N) is 2. The maximum absolute atomic E-state index is 13.3. The second-order valence-electron chi connectivity index (χ2n) is 4.28. The zero-order valence-electron chi connectivity index (χ0n) is 10.4. The molecule has 0 saturated heterocycles. The monoisotopic (exact) mass is 324 g/mol. The molecule has 0 radical (unpaired) electrons. The van der Waals surface area contributed by atoms with E-state index in [0.29, 0.717) is 10.9 Å². The normalized spacial score (nSPS) is 12.4. The predicted molar refractivity (Wildman–Crippen MR) is 74.6 cm³/mol. The number of nitrogens with one attached hydrogen (secondary N) is 1. The van der Waals surface area contributed by atoms with Gasteiger partial charge >= 0.3 is 0 Å². The fraction of sp³-hybridized carbons (Fsp3) is 0.231. The van der Waals surface area contributed by atoms with Crippen LogP contribution in [0.3, 0.4) is 0 Å². The van der Waals surface area contributed by atoms with Crippen LogP contribution in [0.2, 0.25) is 0 Å². The molecule has 100 valence electrons. The van der Waals surface area contributed by atoms with Crippen LogP contribution in [0.1, 0.15) is 23.0 Å². The van der Waals surface area contributed by atoms with Crippen molar-refractivity contribution in [2.24, 2.45) is 5.84 Å². The van der Waals surface area contributed by atoms with E-state index in [2.05, 4.69) is 31.3 Å². The van der Waals surface area contributed by atoms with E-state index in [-0.39, 0.29) is 11.9 Å². The molecule has 1 unspecified atom stereocenters. The van der Waals surface area contributed by atoms with Crippen molar-refractivity contribution in [2.45, 2.75) is 19.4 Å². The fourth-order valence-corrected chi connectivity index (χ4v) is 2.31. The SMILES string of the molecule is Cc1cnc(C(Cc2cc(F)cc(Br)c2)NN)cn1. The zero-order valence-corrected chi connectivity index (χ0v) is 12.0. The quantitative estimate of drug-likeness (QED) is 0.669. The molecular formula is C13H14BrFN4. The number of halogens is 2. The summed E-state index contributed by atoms with van der Waals surface area (Å²) < 4.78 is 14.0. The Morgan fingerprint density at radius 2 is 2.11 bits per heavy atom. The van der Waals surface area contributed by atoms with Crippen LogP contribution >= 0.6 is 15.9 Å². The lowest BCUT2D eigenvalue weighted by Gasteiger charge is -2.15. The smallest absolute Gasteiger partial charge is 0.124 e. The molecule has 0 amide bonds. The van der Waals surface area contributed by atoms with Gasteiger partial charge in [-0.2, -0.15) is 0 Å². The number of aromatic nitrogens is 2. The first-order chi connectivity index (χ1) is 9.08. The molecule has 6 heteroatoms. The van der Waals surface area contributed by atoms with Crippen molar-refractivity contribution in [3.63, 3.8) is 0 Å². The molecule has 2 rings (SSSR count). The summed E-state index contributed by atoms with van der Waals surface area (Å²) in [5, 5.41) is 0.